The van der Waals surface area contributed by atoms with Crippen molar-refractivity contribution in [3.63, 3.8) is 0 Å². The molecule has 0 heterocycles. The number of rotatable bonds is 2. The molecule has 80 valence electrons. The highest BCUT2D eigenvalue weighted by Gasteiger charge is 2.55. The van der Waals surface area contributed by atoms with Gasteiger partial charge in [0, 0.05) is 12.0 Å². The van der Waals surface area contributed by atoms with Gasteiger partial charge in [-0.25, -0.2) is 0 Å². The van der Waals surface area contributed by atoms with E-state index in [1.807, 2.05) is 0 Å². The van der Waals surface area contributed by atoms with Crippen LogP contribution in [-0.4, -0.2) is 6.04 Å². The van der Waals surface area contributed by atoms with Gasteiger partial charge in [-0.3, -0.25) is 0 Å². The van der Waals surface area contributed by atoms with Crippen molar-refractivity contribution < 1.29 is 0 Å². The van der Waals surface area contributed by atoms with Crippen LogP contribution in [0, 0.1) is 5.41 Å². The Morgan fingerprint density at radius 2 is 1.53 bits per heavy atom. The molecule has 2 aliphatic carbocycles. The summed E-state index contributed by atoms with van der Waals surface area (Å²) in [5.41, 5.74) is 9.34. The van der Waals surface area contributed by atoms with Gasteiger partial charge in [-0.1, -0.05) is 38.1 Å². The Morgan fingerprint density at radius 1 is 1.07 bits per heavy atom. The Labute approximate surface area is 91.7 Å². The molecule has 0 aromatic heterocycles. The van der Waals surface area contributed by atoms with E-state index >= 15 is 0 Å². The minimum Gasteiger partial charge on any atom is -0.327 e. The van der Waals surface area contributed by atoms with Crippen molar-refractivity contribution in [2.24, 2.45) is 11.1 Å². The summed E-state index contributed by atoms with van der Waals surface area (Å²) in [5.74, 6) is 1.44. The molecule has 0 spiro atoms. The first-order valence-electron chi connectivity index (χ1n) is 5.96. The lowest BCUT2D eigenvalue weighted by atomic mass is 10.0. The van der Waals surface area contributed by atoms with Gasteiger partial charge in [0.15, 0.2) is 0 Å². The molecule has 0 radical (unpaired) electrons. The summed E-state index contributed by atoms with van der Waals surface area (Å²) < 4.78 is 0. The van der Waals surface area contributed by atoms with Gasteiger partial charge in [0.2, 0.25) is 0 Å². The van der Waals surface area contributed by atoms with Gasteiger partial charge in [-0.15, -0.1) is 0 Å². The van der Waals surface area contributed by atoms with Gasteiger partial charge >= 0.3 is 0 Å². The predicted molar refractivity (Wildman–Crippen MR) is 62.9 cm³/mol. The first kappa shape index (κ1) is 9.41. The quantitative estimate of drug-likeness (QED) is 0.782. The molecule has 2 atom stereocenters. The van der Waals surface area contributed by atoms with Crippen LogP contribution in [0.15, 0.2) is 24.3 Å². The average Bonchev–Trinajstić information content (AvgIpc) is 3.08. The number of benzene rings is 1. The fourth-order valence-corrected chi connectivity index (χ4v) is 2.71. The molecular weight excluding hydrogens is 182 g/mol. The molecule has 3 rings (SSSR count). The highest BCUT2D eigenvalue weighted by molar-refractivity contribution is 5.37. The highest BCUT2D eigenvalue weighted by atomic mass is 14.8. The van der Waals surface area contributed by atoms with Crippen molar-refractivity contribution >= 4 is 0 Å². The zero-order chi connectivity index (χ0) is 10.6. The maximum Gasteiger partial charge on any atom is 0.0172 e. The zero-order valence-electron chi connectivity index (χ0n) is 9.53. The topological polar surface area (TPSA) is 26.0 Å². The van der Waals surface area contributed by atoms with Crippen LogP contribution < -0.4 is 5.73 Å². The molecule has 2 saturated carbocycles. The lowest BCUT2D eigenvalue weighted by Crippen LogP contribution is -2.06. The summed E-state index contributed by atoms with van der Waals surface area (Å²) >= 11 is 0. The summed E-state index contributed by atoms with van der Waals surface area (Å²) in [5, 5.41) is 0. The summed E-state index contributed by atoms with van der Waals surface area (Å²) in [4.78, 5) is 0. The molecule has 1 aromatic carbocycles. The van der Waals surface area contributed by atoms with E-state index < -0.39 is 0 Å². The molecule has 1 nitrogen and oxygen atoms in total. The molecule has 1 heteroatoms. The molecule has 15 heavy (non-hydrogen) atoms. The molecule has 0 amide bonds. The third kappa shape index (κ3) is 1.41. The third-order valence-corrected chi connectivity index (χ3v) is 4.26. The maximum atomic E-state index is 6.09. The van der Waals surface area contributed by atoms with Gasteiger partial charge in [0.1, 0.15) is 0 Å². The van der Waals surface area contributed by atoms with Gasteiger partial charge in [0.05, 0.1) is 0 Å². The largest absolute Gasteiger partial charge is 0.327 e. The second kappa shape index (κ2) is 2.85. The predicted octanol–water partition coefficient (Wildman–Crippen LogP) is 3.01. The molecule has 1 aromatic rings. The van der Waals surface area contributed by atoms with Gasteiger partial charge in [0.25, 0.3) is 0 Å². The standard InChI is InChI=1S/C14H19N/c1-14(2)12(13(14)15)11-7-5-10(6-8-11)9-3-4-9/h5-9,12-13H,3-4,15H2,1-2H3. The molecular formula is C14H19N. The van der Waals surface area contributed by atoms with Crippen molar-refractivity contribution in [3.8, 4) is 0 Å². The van der Waals surface area contributed by atoms with Crippen LogP contribution in [0.3, 0.4) is 0 Å². The Bertz CT molecular complexity index is 373. The van der Waals surface area contributed by atoms with E-state index in [1.165, 1.54) is 24.0 Å². The van der Waals surface area contributed by atoms with E-state index in [-0.39, 0.29) is 0 Å². The van der Waals surface area contributed by atoms with Gasteiger partial charge < -0.3 is 5.73 Å². The van der Waals surface area contributed by atoms with Crippen LogP contribution in [0.4, 0.5) is 0 Å². The molecule has 2 fully saturated rings. The molecule has 0 bridgehead atoms. The minimum absolute atomic E-state index is 0.307. The zero-order valence-corrected chi connectivity index (χ0v) is 9.53. The molecule has 2 aliphatic rings. The fraction of sp³-hybridized carbons (Fsp3) is 0.571. The van der Waals surface area contributed by atoms with Gasteiger partial charge in [-0.2, -0.15) is 0 Å². The van der Waals surface area contributed by atoms with Crippen LogP contribution >= 0.6 is 0 Å². The van der Waals surface area contributed by atoms with E-state index in [0.717, 1.165) is 5.92 Å². The summed E-state index contributed by atoms with van der Waals surface area (Å²) in [6.45, 7) is 4.52. The summed E-state index contributed by atoms with van der Waals surface area (Å²) in [6, 6.07) is 9.52. The van der Waals surface area contributed by atoms with E-state index in [1.54, 1.807) is 0 Å². The van der Waals surface area contributed by atoms with Crippen LogP contribution in [0.1, 0.15) is 49.7 Å². The number of hydrogen-bond acceptors (Lipinski definition) is 1. The first-order valence-corrected chi connectivity index (χ1v) is 5.96. The van der Waals surface area contributed by atoms with E-state index in [9.17, 15) is 0 Å². The van der Waals surface area contributed by atoms with E-state index in [4.69, 9.17) is 5.73 Å². The molecule has 2 N–H and O–H groups in total. The second-order valence-corrected chi connectivity index (χ2v) is 5.77. The number of nitrogens with two attached hydrogens (primary N) is 1. The Morgan fingerprint density at radius 3 is 1.93 bits per heavy atom. The second-order valence-electron chi connectivity index (χ2n) is 5.77. The van der Waals surface area contributed by atoms with Gasteiger partial charge in [-0.05, 0) is 35.3 Å². The lowest BCUT2D eigenvalue weighted by molar-refractivity contribution is 0.599. The molecule has 0 aliphatic heterocycles. The normalized spacial score (nSPS) is 32.7. The minimum atomic E-state index is 0.307. The molecule has 0 saturated heterocycles. The smallest absolute Gasteiger partial charge is 0.0172 e. The van der Waals surface area contributed by atoms with Crippen LogP contribution in [0.2, 0.25) is 0 Å². The van der Waals surface area contributed by atoms with Crippen molar-refractivity contribution in [1.29, 1.82) is 0 Å². The van der Waals surface area contributed by atoms with E-state index in [0.29, 0.717) is 17.4 Å². The number of hydrogen-bond donors (Lipinski definition) is 1. The molecule has 2 unspecified atom stereocenters. The van der Waals surface area contributed by atoms with Crippen molar-refractivity contribution in [1.82, 2.24) is 0 Å². The van der Waals surface area contributed by atoms with Crippen LogP contribution in [-0.2, 0) is 0 Å². The first-order chi connectivity index (χ1) is 7.10. The average molecular weight is 201 g/mol. The summed E-state index contributed by atoms with van der Waals surface area (Å²) in [7, 11) is 0. The lowest BCUT2D eigenvalue weighted by Gasteiger charge is -2.04. The Hall–Kier alpha value is -0.820. The van der Waals surface area contributed by atoms with Crippen molar-refractivity contribution in [2.75, 3.05) is 0 Å². The van der Waals surface area contributed by atoms with Crippen molar-refractivity contribution in [2.45, 2.75) is 44.6 Å². The summed E-state index contributed by atoms with van der Waals surface area (Å²) in [6.07, 6.45) is 2.77. The Kier molecular flexibility index (Phi) is 1.79. The SMILES string of the molecule is CC1(C)C(N)C1c1ccc(C2CC2)cc1. The van der Waals surface area contributed by atoms with Crippen LogP contribution in [0.5, 0.6) is 0 Å². The maximum absolute atomic E-state index is 6.09. The monoisotopic (exact) mass is 201 g/mol. The van der Waals surface area contributed by atoms with Crippen LogP contribution in [0.25, 0.3) is 0 Å². The fourth-order valence-electron chi connectivity index (χ4n) is 2.71. The third-order valence-electron chi connectivity index (χ3n) is 4.26. The van der Waals surface area contributed by atoms with E-state index in [2.05, 4.69) is 38.1 Å². The van der Waals surface area contributed by atoms with Crippen molar-refractivity contribution in [3.05, 3.63) is 35.4 Å². The Balaban J connectivity index is 1.82. The highest BCUT2D eigenvalue weighted by Crippen LogP contribution is 2.57.